The standard InChI is InChI=1S/C24H21ClN2O3/c1-12-9-15-11-17(12)21-20(15)23(29)27(24(21)30)16-6-3-5-14(10-16)22(28)26-19-8-4-7-18(25)13(19)2/h3-10,15,17,20-21H,11H2,1-2H3,(H,26,28)/t15-,17+,20-,21+/m0/s1. The Hall–Kier alpha value is -2.92. The number of halogens is 1. The van der Waals surface area contributed by atoms with E-state index in [1.54, 1.807) is 42.5 Å². The van der Waals surface area contributed by atoms with E-state index in [4.69, 9.17) is 11.6 Å². The van der Waals surface area contributed by atoms with Gasteiger partial charge in [-0.05, 0) is 68.0 Å². The van der Waals surface area contributed by atoms with Crippen LogP contribution in [0.15, 0.2) is 54.1 Å². The van der Waals surface area contributed by atoms with Gasteiger partial charge in [0, 0.05) is 16.3 Å². The van der Waals surface area contributed by atoms with Crippen molar-refractivity contribution in [3.8, 4) is 0 Å². The maximum atomic E-state index is 13.2. The number of amides is 3. The minimum absolute atomic E-state index is 0.145. The van der Waals surface area contributed by atoms with Crippen LogP contribution >= 0.6 is 11.6 Å². The maximum absolute atomic E-state index is 13.2. The number of carbonyl (C=O) groups is 3. The number of nitrogens with zero attached hydrogens (tertiary/aromatic N) is 1. The van der Waals surface area contributed by atoms with E-state index in [0.717, 1.165) is 12.0 Å². The lowest BCUT2D eigenvalue weighted by Gasteiger charge is -2.19. The van der Waals surface area contributed by atoms with Gasteiger partial charge in [-0.15, -0.1) is 0 Å². The van der Waals surface area contributed by atoms with Gasteiger partial charge < -0.3 is 5.32 Å². The molecule has 0 aromatic heterocycles. The Labute approximate surface area is 179 Å². The number of anilines is 2. The fraction of sp³-hybridized carbons (Fsp3) is 0.292. The highest BCUT2D eigenvalue weighted by molar-refractivity contribution is 6.31. The molecule has 152 valence electrons. The van der Waals surface area contributed by atoms with Crippen molar-refractivity contribution in [3.05, 3.63) is 70.3 Å². The van der Waals surface area contributed by atoms with Gasteiger partial charge in [-0.2, -0.15) is 0 Å². The molecular weight excluding hydrogens is 400 g/mol. The van der Waals surface area contributed by atoms with E-state index in [1.807, 2.05) is 13.8 Å². The number of imide groups is 1. The summed E-state index contributed by atoms with van der Waals surface area (Å²) in [5, 5.41) is 3.43. The minimum atomic E-state index is -0.320. The summed E-state index contributed by atoms with van der Waals surface area (Å²) < 4.78 is 0. The molecule has 0 unspecified atom stereocenters. The zero-order valence-electron chi connectivity index (χ0n) is 16.7. The van der Waals surface area contributed by atoms with Crippen molar-refractivity contribution < 1.29 is 14.4 Å². The van der Waals surface area contributed by atoms with Crippen LogP contribution in [0.5, 0.6) is 0 Å². The van der Waals surface area contributed by atoms with Crippen LogP contribution in [0.2, 0.25) is 5.02 Å². The molecule has 5 nitrogen and oxygen atoms in total. The zero-order valence-corrected chi connectivity index (χ0v) is 17.4. The van der Waals surface area contributed by atoms with Gasteiger partial charge in [0.1, 0.15) is 0 Å². The summed E-state index contributed by atoms with van der Waals surface area (Å²) in [7, 11) is 0. The van der Waals surface area contributed by atoms with Crippen LogP contribution in [0.1, 0.15) is 29.3 Å². The van der Waals surface area contributed by atoms with Crippen molar-refractivity contribution in [2.24, 2.45) is 23.7 Å². The minimum Gasteiger partial charge on any atom is -0.322 e. The first-order chi connectivity index (χ1) is 14.4. The third kappa shape index (κ3) is 2.72. The van der Waals surface area contributed by atoms with E-state index in [1.165, 1.54) is 10.5 Å². The smallest absolute Gasteiger partial charge is 0.255 e. The first-order valence-corrected chi connectivity index (χ1v) is 10.5. The molecule has 30 heavy (non-hydrogen) atoms. The van der Waals surface area contributed by atoms with Crippen molar-refractivity contribution in [2.75, 3.05) is 10.2 Å². The Morgan fingerprint density at radius 3 is 2.60 bits per heavy atom. The summed E-state index contributed by atoms with van der Waals surface area (Å²) >= 11 is 6.13. The second kappa shape index (κ2) is 6.81. The van der Waals surface area contributed by atoms with E-state index in [0.29, 0.717) is 22.0 Å². The second-order valence-electron chi connectivity index (χ2n) is 8.40. The van der Waals surface area contributed by atoms with Crippen molar-refractivity contribution in [2.45, 2.75) is 20.3 Å². The highest BCUT2D eigenvalue weighted by Gasteiger charge is 2.60. The SMILES string of the molecule is CC1=C[C@H]2C[C@H]1[C@H]1C(=O)N(c3cccc(C(=O)Nc4cccc(Cl)c4C)c3)C(=O)[C@H]12. The molecule has 0 spiro atoms. The molecule has 1 aliphatic heterocycles. The molecule has 1 saturated carbocycles. The lowest BCUT2D eigenvalue weighted by Crippen LogP contribution is -2.33. The first-order valence-electron chi connectivity index (χ1n) is 10.1. The quantitative estimate of drug-likeness (QED) is 0.582. The van der Waals surface area contributed by atoms with Crippen molar-refractivity contribution in [1.29, 1.82) is 0 Å². The number of benzene rings is 2. The number of hydrogen-bond acceptors (Lipinski definition) is 3. The molecular formula is C24H21ClN2O3. The first kappa shape index (κ1) is 19.1. The Bertz CT molecular complexity index is 1140. The number of hydrogen-bond donors (Lipinski definition) is 1. The van der Waals surface area contributed by atoms with Gasteiger partial charge in [0.05, 0.1) is 17.5 Å². The van der Waals surface area contributed by atoms with Gasteiger partial charge in [0.25, 0.3) is 5.91 Å². The summed E-state index contributed by atoms with van der Waals surface area (Å²) in [4.78, 5) is 40.3. The number of allylic oxidation sites excluding steroid dienone is 2. The summed E-state index contributed by atoms with van der Waals surface area (Å²) in [6.07, 6.45) is 3.05. The molecule has 1 N–H and O–H groups in total. The van der Waals surface area contributed by atoms with Crippen LogP contribution in [0.25, 0.3) is 0 Å². The third-order valence-corrected chi connectivity index (χ3v) is 7.17. The van der Waals surface area contributed by atoms with Crippen LogP contribution in [-0.2, 0) is 9.59 Å². The van der Waals surface area contributed by atoms with E-state index in [2.05, 4.69) is 11.4 Å². The van der Waals surface area contributed by atoms with Gasteiger partial charge in [0.2, 0.25) is 11.8 Å². The van der Waals surface area contributed by atoms with Gasteiger partial charge in [-0.25, -0.2) is 4.90 Å². The zero-order chi connectivity index (χ0) is 21.2. The van der Waals surface area contributed by atoms with E-state index < -0.39 is 0 Å². The largest absolute Gasteiger partial charge is 0.322 e. The normalized spacial score (nSPS) is 26.8. The second-order valence-corrected chi connectivity index (χ2v) is 8.80. The lowest BCUT2D eigenvalue weighted by molar-refractivity contribution is -0.123. The van der Waals surface area contributed by atoms with Gasteiger partial charge in [-0.1, -0.05) is 35.4 Å². The van der Waals surface area contributed by atoms with Crippen LogP contribution in [0, 0.1) is 30.6 Å². The summed E-state index contributed by atoms with van der Waals surface area (Å²) in [6, 6.07) is 12.0. The molecule has 6 heteroatoms. The average molecular weight is 421 g/mol. The Kier molecular flexibility index (Phi) is 4.33. The van der Waals surface area contributed by atoms with Crippen LogP contribution in [0.4, 0.5) is 11.4 Å². The van der Waals surface area contributed by atoms with Crippen molar-refractivity contribution in [3.63, 3.8) is 0 Å². The lowest BCUT2D eigenvalue weighted by atomic mass is 9.82. The highest BCUT2D eigenvalue weighted by Crippen LogP contribution is 2.55. The van der Waals surface area contributed by atoms with Gasteiger partial charge in [0.15, 0.2) is 0 Å². The monoisotopic (exact) mass is 420 g/mol. The summed E-state index contributed by atoms with van der Waals surface area (Å²) in [5.41, 5.74) is 3.45. The Balaban J connectivity index is 1.42. The number of carbonyl (C=O) groups excluding carboxylic acids is 3. The topological polar surface area (TPSA) is 66.5 Å². The molecule has 2 aromatic carbocycles. The molecule has 5 rings (SSSR count). The van der Waals surface area contributed by atoms with E-state index in [9.17, 15) is 14.4 Å². The van der Waals surface area contributed by atoms with Crippen LogP contribution in [-0.4, -0.2) is 17.7 Å². The fourth-order valence-corrected chi connectivity index (χ4v) is 5.43. The predicted octanol–water partition coefficient (Wildman–Crippen LogP) is 4.60. The molecule has 2 aromatic rings. The average Bonchev–Trinajstić information content (AvgIpc) is 3.36. The summed E-state index contributed by atoms with van der Waals surface area (Å²) in [5.74, 6) is -0.828. The highest BCUT2D eigenvalue weighted by atomic mass is 35.5. The van der Waals surface area contributed by atoms with E-state index in [-0.39, 0.29) is 41.4 Å². The Morgan fingerprint density at radius 1 is 1.07 bits per heavy atom. The molecule has 3 amide bonds. The van der Waals surface area contributed by atoms with Gasteiger partial charge in [-0.3, -0.25) is 14.4 Å². The molecule has 2 fully saturated rings. The van der Waals surface area contributed by atoms with Gasteiger partial charge >= 0.3 is 0 Å². The fourth-order valence-electron chi connectivity index (χ4n) is 5.25. The number of fused-ring (bicyclic) bond motifs is 5. The van der Waals surface area contributed by atoms with Crippen LogP contribution < -0.4 is 10.2 Å². The molecule has 4 atom stereocenters. The number of nitrogens with one attached hydrogen (secondary N) is 1. The Morgan fingerprint density at radius 2 is 1.80 bits per heavy atom. The molecule has 1 heterocycles. The van der Waals surface area contributed by atoms with Crippen molar-refractivity contribution in [1.82, 2.24) is 0 Å². The molecule has 1 saturated heterocycles. The summed E-state index contributed by atoms with van der Waals surface area (Å²) in [6.45, 7) is 3.88. The third-order valence-electron chi connectivity index (χ3n) is 6.76. The van der Waals surface area contributed by atoms with Crippen LogP contribution in [0.3, 0.4) is 0 Å². The van der Waals surface area contributed by atoms with Crippen molar-refractivity contribution >= 4 is 40.7 Å². The molecule has 2 bridgehead atoms. The number of rotatable bonds is 3. The maximum Gasteiger partial charge on any atom is 0.255 e. The molecule has 2 aliphatic carbocycles. The predicted molar refractivity (Wildman–Crippen MR) is 115 cm³/mol. The van der Waals surface area contributed by atoms with E-state index >= 15 is 0 Å². The molecule has 0 radical (unpaired) electrons. The molecule has 3 aliphatic rings.